The Morgan fingerprint density at radius 3 is 3.26 bits per heavy atom. The van der Waals surface area contributed by atoms with Gasteiger partial charge in [-0.3, -0.25) is 4.68 Å². The fourth-order valence-electron chi connectivity index (χ4n) is 2.97. The molecule has 0 saturated carbocycles. The smallest absolute Gasteiger partial charge is 0.0540 e. The van der Waals surface area contributed by atoms with Gasteiger partial charge in [-0.15, -0.1) is 11.3 Å². The number of hydrogen-bond acceptors (Lipinski definition) is 3. The van der Waals surface area contributed by atoms with E-state index < -0.39 is 0 Å². The summed E-state index contributed by atoms with van der Waals surface area (Å²) in [6.07, 6.45) is 6.83. The third-order valence-electron chi connectivity index (χ3n) is 4.10. The number of fused-ring (bicyclic) bond motifs is 1. The first-order valence-corrected chi connectivity index (χ1v) is 7.97. The molecule has 0 amide bonds. The average molecular weight is 275 g/mol. The molecule has 0 bridgehead atoms. The van der Waals surface area contributed by atoms with Gasteiger partial charge in [0.1, 0.15) is 0 Å². The number of nitrogens with one attached hydrogen (secondary N) is 1. The van der Waals surface area contributed by atoms with Crippen molar-refractivity contribution in [1.29, 1.82) is 0 Å². The largest absolute Gasteiger partial charge is 0.305 e. The summed E-state index contributed by atoms with van der Waals surface area (Å²) >= 11 is 1.87. The predicted molar refractivity (Wildman–Crippen MR) is 79.4 cm³/mol. The molecule has 3 nitrogen and oxygen atoms in total. The zero-order chi connectivity index (χ0) is 13.2. The van der Waals surface area contributed by atoms with E-state index in [2.05, 4.69) is 35.8 Å². The Morgan fingerprint density at radius 2 is 2.42 bits per heavy atom. The van der Waals surface area contributed by atoms with E-state index in [1.165, 1.54) is 41.0 Å². The maximum absolute atomic E-state index is 4.41. The Balaban J connectivity index is 1.71. The summed E-state index contributed by atoms with van der Waals surface area (Å²) in [5.74, 6) is 0. The van der Waals surface area contributed by atoms with Gasteiger partial charge in [0.15, 0.2) is 0 Å². The number of aromatic nitrogens is 2. The molecule has 4 heteroatoms. The van der Waals surface area contributed by atoms with Crippen LogP contribution in [-0.2, 0) is 26.4 Å². The first-order chi connectivity index (χ1) is 9.29. The molecule has 1 unspecified atom stereocenters. The van der Waals surface area contributed by atoms with Crippen LogP contribution in [0.25, 0.3) is 0 Å². The highest BCUT2D eigenvalue weighted by Crippen LogP contribution is 2.30. The van der Waals surface area contributed by atoms with Gasteiger partial charge in [-0.05, 0) is 42.7 Å². The predicted octanol–water partition coefficient (Wildman–Crippen LogP) is 3.21. The zero-order valence-corrected chi connectivity index (χ0v) is 12.5. The molecule has 0 radical (unpaired) electrons. The maximum atomic E-state index is 4.41. The van der Waals surface area contributed by atoms with Crippen LogP contribution in [0.1, 0.15) is 47.5 Å². The molecule has 0 aromatic carbocycles. The van der Waals surface area contributed by atoms with Crippen LogP contribution < -0.4 is 5.32 Å². The van der Waals surface area contributed by atoms with Crippen LogP contribution in [0.2, 0.25) is 0 Å². The lowest BCUT2D eigenvalue weighted by atomic mass is 9.93. The first-order valence-electron chi connectivity index (χ1n) is 7.09. The maximum Gasteiger partial charge on any atom is 0.0540 e. The van der Waals surface area contributed by atoms with Crippen LogP contribution in [0.4, 0.5) is 0 Å². The number of rotatable bonds is 4. The summed E-state index contributed by atoms with van der Waals surface area (Å²) in [6, 6.07) is 2.72. The first kappa shape index (κ1) is 12.9. The van der Waals surface area contributed by atoms with E-state index in [0.29, 0.717) is 6.04 Å². The Bertz CT molecular complexity index is 555. The van der Waals surface area contributed by atoms with Crippen molar-refractivity contribution in [2.45, 2.75) is 45.2 Å². The normalized spacial score (nSPS) is 18.5. The highest BCUT2D eigenvalue weighted by molar-refractivity contribution is 7.10. The van der Waals surface area contributed by atoms with Gasteiger partial charge in [0.2, 0.25) is 0 Å². The molecule has 19 heavy (non-hydrogen) atoms. The standard InChI is InChI=1S/C15H21N3S/c1-3-11-7-8-19-15(11)10-16-13-5-4-6-14-12(13)9-17-18(14)2/h7-9,13,16H,3-6,10H2,1-2H3. The SMILES string of the molecule is CCc1ccsc1CNC1CCCc2c1cnn2C. The van der Waals surface area contributed by atoms with Crippen molar-refractivity contribution in [3.63, 3.8) is 0 Å². The van der Waals surface area contributed by atoms with Crippen LogP contribution >= 0.6 is 11.3 Å². The Hall–Kier alpha value is -1.13. The minimum Gasteiger partial charge on any atom is -0.305 e. The number of hydrogen-bond donors (Lipinski definition) is 1. The number of nitrogens with zero attached hydrogens (tertiary/aromatic N) is 2. The van der Waals surface area contributed by atoms with E-state index in [9.17, 15) is 0 Å². The lowest BCUT2D eigenvalue weighted by Crippen LogP contribution is -2.24. The molecule has 0 spiro atoms. The van der Waals surface area contributed by atoms with Crippen molar-refractivity contribution < 1.29 is 0 Å². The average Bonchev–Trinajstić information content (AvgIpc) is 3.03. The molecule has 1 aliphatic carbocycles. The van der Waals surface area contributed by atoms with Crippen LogP contribution in [0.15, 0.2) is 17.6 Å². The minimum atomic E-state index is 0.476. The lowest BCUT2D eigenvalue weighted by molar-refractivity contribution is 0.453. The van der Waals surface area contributed by atoms with Crippen LogP contribution in [0.3, 0.4) is 0 Å². The van der Waals surface area contributed by atoms with Crippen LogP contribution in [0, 0.1) is 0 Å². The van der Waals surface area contributed by atoms with E-state index in [1.54, 1.807) is 0 Å². The second kappa shape index (κ2) is 5.47. The summed E-state index contributed by atoms with van der Waals surface area (Å²) in [5.41, 5.74) is 4.30. The summed E-state index contributed by atoms with van der Waals surface area (Å²) in [4.78, 5) is 1.48. The molecular formula is C15H21N3S. The Kier molecular flexibility index (Phi) is 3.71. The van der Waals surface area contributed by atoms with Gasteiger partial charge < -0.3 is 5.32 Å². The van der Waals surface area contributed by atoms with Gasteiger partial charge in [0, 0.05) is 35.8 Å². The van der Waals surface area contributed by atoms with E-state index in [-0.39, 0.29) is 0 Å². The Morgan fingerprint density at radius 1 is 1.53 bits per heavy atom. The van der Waals surface area contributed by atoms with Gasteiger partial charge in [-0.1, -0.05) is 6.92 Å². The molecular weight excluding hydrogens is 254 g/mol. The van der Waals surface area contributed by atoms with Crippen molar-refractivity contribution in [3.8, 4) is 0 Å². The highest BCUT2D eigenvalue weighted by Gasteiger charge is 2.23. The fraction of sp³-hybridized carbons (Fsp3) is 0.533. The van der Waals surface area contributed by atoms with E-state index in [4.69, 9.17) is 0 Å². The zero-order valence-electron chi connectivity index (χ0n) is 11.6. The molecule has 1 N–H and O–H groups in total. The van der Waals surface area contributed by atoms with Gasteiger partial charge >= 0.3 is 0 Å². The van der Waals surface area contributed by atoms with Crippen LogP contribution in [-0.4, -0.2) is 9.78 Å². The fourth-order valence-corrected chi connectivity index (χ4v) is 3.90. The minimum absolute atomic E-state index is 0.476. The van der Waals surface area contributed by atoms with Crippen LogP contribution in [0.5, 0.6) is 0 Å². The third kappa shape index (κ3) is 2.47. The summed E-state index contributed by atoms with van der Waals surface area (Å²) < 4.78 is 2.03. The summed E-state index contributed by atoms with van der Waals surface area (Å²) in [6.45, 7) is 3.21. The van der Waals surface area contributed by atoms with E-state index in [1.807, 2.05) is 22.2 Å². The number of thiophene rings is 1. The Labute approximate surface area is 118 Å². The molecule has 2 heterocycles. The monoisotopic (exact) mass is 275 g/mol. The molecule has 1 atom stereocenters. The van der Waals surface area contributed by atoms with E-state index >= 15 is 0 Å². The molecule has 0 saturated heterocycles. The van der Waals surface area contributed by atoms with E-state index in [0.717, 1.165) is 13.0 Å². The highest BCUT2D eigenvalue weighted by atomic mass is 32.1. The van der Waals surface area contributed by atoms with Crippen molar-refractivity contribution in [2.24, 2.45) is 7.05 Å². The van der Waals surface area contributed by atoms with Crippen molar-refractivity contribution in [3.05, 3.63) is 39.3 Å². The topological polar surface area (TPSA) is 29.9 Å². The third-order valence-corrected chi connectivity index (χ3v) is 5.07. The second-order valence-electron chi connectivity index (χ2n) is 5.22. The van der Waals surface area contributed by atoms with Crippen molar-refractivity contribution in [2.75, 3.05) is 0 Å². The second-order valence-corrected chi connectivity index (χ2v) is 6.22. The van der Waals surface area contributed by atoms with Gasteiger partial charge in [-0.25, -0.2) is 0 Å². The van der Waals surface area contributed by atoms with Gasteiger partial charge in [0.05, 0.1) is 6.20 Å². The quantitative estimate of drug-likeness (QED) is 0.928. The van der Waals surface area contributed by atoms with Gasteiger partial charge in [-0.2, -0.15) is 5.10 Å². The van der Waals surface area contributed by atoms with Crippen molar-refractivity contribution in [1.82, 2.24) is 15.1 Å². The molecule has 2 aromatic rings. The molecule has 3 rings (SSSR count). The molecule has 0 fully saturated rings. The molecule has 1 aliphatic rings. The summed E-state index contributed by atoms with van der Waals surface area (Å²) in [7, 11) is 2.05. The van der Waals surface area contributed by atoms with Crippen molar-refractivity contribution >= 4 is 11.3 Å². The summed E-state index contributed by atoms with van der Waals surface area (Å²) in [5, 5.41) is 10.3. The van der Waals surface area contributed by atoms with Gasteiger partial charge in [0.25, 0.3) is 0 Å². The number of aryl methyl sites for hydroxylation is 2. The molecule has 0 aliphatic heterocycles. The lowest BCUT2D eigenvalue weighted by Gasteiger charge is -2.24. The molecule has 102 valence electrons. The molecule has 2 aromatic heterocycles.